The van der Waals surface area contributed by atoms with Crippen molar-refractivity contribution in [2.45, 2.75) is 45.1 Å². The molecule has 3 nitrogen and oxygen atoms in total. The van der Waals surface area contributed by atoms with Gasteiger partial charge in [0.15, 0.2) is 0 Å². The Balaban J connectivity index is 1.99. The molecule has 0 saturated heterocycles. The Morgan fingerprint density at radius 1 is 0.958 bits per heavy atom. The number of alkyl halides is 1. The van der Waals surface area contributed by atoms with E-state index >= 15 is 0 Å². The number of unbranched alkanes of at least 4 members (excludes halogenated alkanes) is 3. The van der Waals surface area contributed by atoms with Crippen molar-refractivity contribution in [3.8, 4) is 11.5 Å². The fraction of sp³-hybridized carbons (Fsp3) is 0.500. The van der Waals surface area contributed by atoms with Crippen LogP contribution >= 0.6 is 11.6 Å². The molecule has 0 aliphatic heterocycles. The van der Waals surface area contributed by atoms with Gasteiger partial charge in [0, 0.05) is 10.8 Å². The predicted octanol–water partition coefficient (Wildman–Crippen LogP) is 5.17. The van der Waals surface area contributed by atoms with Crippen molar-refractivity contribution in [1.82, 2.24) is 0 Å². The molecule has 0 amide bonds. The molecule has 0 saturated carbocycles. The largest absolute Gasteiger partial charge is 0.492 e. The number of aliphatic hydroxyl groups excluding tert-OH is 1. The average molecular weight is 351 g/mol. The monoisotopic (exact) mass is 350 g/mol. The first-order chi connectivity index (χ1) is 11.8. The highest BCUT2D eigenvalue weighted by Gasteiger charge is 2.10. The SMILES string of the molecule is CCCCCCC(O)COc1ccc(OCCCl)c2ccccc12. The van der Waals surface area contributed by atoms with Crippen molar-refractivity contribution in [3.05, 3.63) is 36.4 Å². The van der Waals surface area contributed by atoms with E-state index in [9.17, 15) is 5.11 Å². The molecular formula is C20H27ClO3. The molecule has 2 aromatic rings. The second-order valence-electron chi connectivity index (χ2n) is 5.96. The number of halogens is 1. The maximum atomic E-state index is 10.1. The number of benzene rings is 2. The minimum atomic E-state index is -0.423. The van der Waals surface area contributed by atoms with E-state index in [2.05, 4.69) is 6.92 Å². The number of ether oxygens (including phenoxy) is 2. The summed E-state index contributed by atoms with van der Waals surface area (Å²) < 4.78 is 11.6. The van der Waals surface area contributed by atoms with Crippen molar-refractivity contribution in [2.24, 2.45) is 0 Å². The van der Waals surface area contributed by atoms with Gasteiger partial charge in [0.05, 0.1) is 12.0 Å². The van der Waals surface area contributed by atoms with Gasteiger partial charge in [-0.3, -0.25) is 0 Å². The van der Waals surface area contributed by atoms with E-state index in [0.29, 0.717) is 19.1 Å². The third-order valence-electron chi connectivity index (χ3n) is 4.00. The molecule has 2 rings (SSSR count). The smallest absolute Gasteiger partial charge is 0.127 e. The molecule has 0 aliphatic carbocycles. The highest BCUT2D eigenvalue weighted by Crippen LogP contribution is 2.33. The molecule has 0 fully saturated rings. The van der Waals surface area contributed by atoms with Crippen molar-refractivity contribution in [3.63, 3.8) is 0 Å². The van der Waals surface area contributed by atoms with Gasteiger partial charge in [-0.1, -0.05) is 56.9 Å². The molecule has 0 heterocycles. The predicted molar refractivity (Wildman–Crippen MR) is 100 cm³/mol. The number of fused-ring (bicyclic) bond motifs is 1. The lowest BCUT2D eigenvalue weighted by Crippen LogP contribution is -2.17. The van der Waals surface area contributed by atoms with E-state index in [1.807, 2.05) is 36.4 Å². The number of hydrogen-bond acceptors (Lipinski definition) is 3. The number of rotatable bonds is 11. The fourth-order valence-electron chi connectivity index (χ4n) is 2.72. The lowest BCUT2D eigenvalue weighted by atomic mass is 10.1. The zero-order valence-corrected chi connectivity index (χ0v) is 15.1. The van der Waals surface area contributed by atoms with Crippen LogP contribution in [0.5, 0.6) is 11.5 Å². The summed E-state index contributed by atoms with van der Waals surface area (Å²) in [6.07, 6.45) is 5.01. The lowest BCUT2D eigenvalue weighted by molar-refractivity contribution is 0.0982. The van der Waals surface area contributed by atoms with E-state index in [1.54, 1.807) is 0 Å². The summed E-state index contributed by atoms with van der Waals surface area (Å²) in [5, 5.41) is 12.1. The van der Waals surface area contributed by atoms with Gasteiger partial charge >= 0.3 is 0 Å². The summed E-state index contributed by atoms with van der Waals surface area (Å²) in [4.78, 5) is 0. The summed E-state index contributed by atoms with van der Waals surface area (Å²) in [6.45, 7) is 2.98. The Morgan fingerprint density at radius 2 is 1.62 bits per heavy atom. The van der Waals surface area contributed by atoms with Gasteiger partial charge in [0.25, 0.3) is 0 Å². The summed E-state index contributed by atoms with van der Waals surface area (Å²) in [6, 6.07) is 11.8. The summed E-state index contributed by atoms with van der Waals surface area (Å²) in [7, 11) is 0. The van der Waals surface area contributed by atoms with Crippen LogP contribution in [0.1, 0.15) is 39.0 Å². The zero-order chi connectivity index (χ0) is 17.2. The average Bonchev–Trinajstić information content (AvgIpc) is 2.62. The van der Waals surface area contributed by atoms with Crippen LogP contribution in [0.2, 0.25) is 0 Å². The first-order valence-electron chi connectivity index (χ1n) is 8.77. The maximum Gasteiger partial charge on any atom is 0.127 e. The van der Waals surface area contributed by atoms with E-state index in [-0.39, 0.29) is 0 Å². The van der Waals surface area contributed by atoms with Crippen molar-refractivity contribution in [2.75, 3.05) is 19.1 Å². The first kappa shape index (κ1) is 18.9. The Morgan fingerprint density at radius 3 is 2.25 bits per heavy atom. The molecular weight excluding hydrogens is 324 g/mol. The molecule has 0 radical (unpaired) electrons. The molecule has 1 unspecified atom stereocenters. The van der Waals surface area contributed by atoms with Crippen LogP contribution in [0.4, 0.5) is 0 Å². The van der Waals surface area contributed by atoms with Crippen LogP contribution in [0.25, 0.3) is 10.8 Å². The molecule has 4 heteroatoms. The van der Waals surface area contributed by atoms with Crippen molar-refractivity contribution < 1.29 is 14.6 Å². The third kappa shape index (κ3) is 5.57. The maximum absolute atomic E-state index is 10.1. The normalized spacial score (nSPS) is 12.3. The van der Waals surface area contributed by atoms with Gasteiger partial charge in [-0.25, -0.2) is 0 Å². The quantitative estimate of drug-likeness (QED) is 0.449. The van der Waals surface area contributed by atoms with E-state index < -0.39 is 6.10 Å². The molecule has 1 N–H and O–H groups in total. The molecule has 1 atom stereocenters. The Kier molecular flexibility index (Phi) is 8.20. The van der Waals surface area contributed by atoms with Crippen LogP contribution in [-0.2, 0) is 0 Å². The van der Waals surface area contributed by atoms with Gasteiger partial charge < -0.3 is 14.6 Å². The van der Waals surface area contributed by atoms with E-state index in [1.165, 1.54) is 19.3 Å². The second kappa shape index (κ2) is 10.4. The minimum Gasteiger partial charge on any atom is -0.492 e. The molecule has 24 heavy (non-hydrogen) atoms. The molecule has 0 bridgehead atoms. The summed E-state index contributed by atoms with van der Waals surface area (Å²) >= 11 is 5.70. The second-order valence-corrected chi connectivity index (χ2v) is 6.34. The van der Waals surface area contributed by atoms with Gasteiger partial charge in [-0.05, 0) is 18.6 Å². The molecule has 0 spiro atoms. The summed E-state index contributed by atoms with van der Waals surface area (Å²) in [5.41, 5.74) is 0. The number of hydrogen-bond donors (Lipinski definition) is 1. The van der Waals surface area contributed by atoms with Gasteiger partial charge in [-0.2, -0.15) is 0 Å². The Bertz CT molecular complexity index is 615. The van der Waals surface area contributed by atoms with Crippen LogP contribution in [0, 0.1) is 0 Å². The van der Waals surface area contributed by atoms with Gasteiger partial charge in [0.2, 0.25) is 0 Å². The third-order valence-corrected chi connectivity index (χ3v) is 4.16. The van der Waals surface area contributed by atoms with E-state index in [4.69, 9.17) is 21.1 Å². The van der Waals surface area contributed by atoms with Crippen LogP contribution in [-0.4, -0.2) is 30.3 Å². The first-order valence-corrected chi connectivity index (χ1v) is 9.31. The van der Waals surface area contributed by atoms with Gasteiger partial charge in [0.1, 0.15) is 24.7 Å². The highest BCUT2D eigenvalue weighted by atomic mass is 35.5. The van der Waals surface area contributed by atoms with Gasteiger partial charge in [-0.15, -0.1) is 11.6 Å². The zero-order valence-electron chi connectivity index (χ0n) is 14.3. The number of aliphatic hydroxyl groups is 1. The standard InChI is InChI=1S/C20H27ClO3/c1-2-3-4-5-8-16(22)15-24-20-12-11-19(23-14-13-21)17-9-6-7-10-18(17)20/h6-7,9-12,16,22H,2-5,8,13-15H2,1H3. The lowest BCUT2D eigenvalue weighted by Gasteiger charge is -2.15. The molecule has 2 aromatic carbocycles. The van der Waals surface area contributed by atoms with Crippen molar-refractivity contribution in [1.29, 1.82) is 0 Å². The molecule has 0 aromatic heterocycles. The topological polar surface area (TPSA) is 38.7 Å². The van der Waals surface area contributed by atoms with Crippen molar-refractivity contribution >= 4 is 22.4 Å². The Labute approximate surface area is 149 Å². The van der Waals surface area contributed by atoms with E-state index in [0.717, 1.165) is 35.1 Å². The van der Waals surface area contributed by atoms with Crippen LogP contribution in [0.15, 0.2) is 36.4 Å². The fourth-order valence-corrected chi connectivity index (χ4v) is 2.80. The highest BCUT2D eigenvalue weighted by molar-refractivity contribution is 6.18. The Hall–Kier alpha value is -1.45. The summed E-state index contributed by atoms with van der Waals surface area (Å²) in [5.74, 6) is 2.03. The van der Waals surface area contributed by atoms with Crippen LogP contribution in [0.3, 0.4) is 0 Å². The molecule has 132 valence electrons. The minimum absolute atomic E-state index is 0.317. The molecule has 0 aliphatic rings. The van der Waals surface area contributed by atoms with Crippen LogP contribution < -0.4 is 9.47 Å².